The van der Waals surface area contributed by atoms with E-state index in [2.05, 4.69) is 13.8 Å². The fraction of sp³-hybridized carbons (Fsp3) is 0.500. The van der Waals surface area contributed by atoms with Gasteiger partial charge in [0.15, 0.2) is 0 Å². The Kier molecular flexibility index (Phi) is 5.26. The van der Waals surface area contributed by atoms with Crippen molar-refractivity contribution >= 4 is 12.3 Å². The number of aliphatic carboxylic acids is 1. The average Bonchev–Trinajstić information content (AvgIpc) is 2.53. The van der Waals surface area contributed by atoms with Gasteiger partial charge in [-0.2, -0.15) is 0 Å². The Morgan fingerprint density at radius 3 is 2.24 bits per heavy atom. The first-order chi connectivity index (χ1) is 11.6. The highest BCUT2D eigenvalue weighted by molar-refractivity contribution is 5.81. The third kappa shape index (κ3) is 3.55. The van der Waals surface area contributed by atoms with E-state index in [4.69, 9.17) is 0 Å². The summed E-state index contributed by atoms with van der Waals surface area (Å²) in [5.41, 5.74) is 0.166. The van der Waals surface area contributed by atoms with Gasteiger partial charge in [0.2, 0.25) is 0 Å². The molecule has 0 heterocycles. The second-order valence-corrected chi connectivity index (χ2v) is 7.71. The molecule has 1 aliphatic rings. The fourth-order valence-electron chi connectivity index (χ4n) is 3.58. The summed E-state index contributed by atoms with van der Waals surface area (Å²) in [5, 5.41) is 30.5. The normalized spacial score (nSPS) is 21.1. The lowest BCUT2D eigenvalue weighted by Crippen LogP contribution is -2.28. The van der Waals surface area contributed by atoms with Gasteiger partial charge in [-0.3, -0.25) is 9.59 Å². The van der Waals surface area contributed by atoms with Gasteiger partial charge in [0, 0.05) is 5.56 Å². The Morgan fingerprint density at radius 1 is 1.24 bits per heavy atom. The van der Waals surface area contributed by atoms with Crippen molar-refractivity contribution in [2.24, 2.45) is 11.8 Å². The SMILES string of the molecule is CC(C)[C@@H]1CC=C(C=O)C[C@H]1c1c(O)cc(C(C)(C)C(=O)O)cc1O. The average molecular weight is 346 g/mol. The lowest BCUT2D eigenvalue weighted by molar-refractivity contribution is -0.142. The van der Waals surface area contributed by atoms with E-state index in [9.17, 15) is 24.9 Å². The number of carbonyl (C=O) groups is 2. The quantitative estimate of drug-likeness (QED) is 0.706. The predicted molar refractivity (Wildman–Crippen MR) is 94.9 cm³/mol. The second-order valence-electron chi connectivity index (χ2n) is 7.71. The summed E-state index contributed by atoms with van der Waals surface area (Å²) in [5.74, 6) is -0.975. The monoisotopic (exact) mass is 346 g/mol. The maximum absolute atomic E-state index is 11.4. The summed E-state index contributed by atoms with van der Waals surface area (Å²) < 4.78 is 0. The molecule has 0 aromatic heterocycles. The molecule has 0 saturated heterocycles. The Hall–Kier alpha value is -2.30. The van der Waals surface area contributed by atoms with Crippen LogP contribution in [0.15, 0.2) is 23.8 Å². The molecule has 0 fully saturated rings. The highest BCUT2D eigenvalue weighted by Gasteiger charge is 2.36. The molecule has 3 N–H and O–H groups in total. The van der Waals surface area contributed by atoms with Gasteiger partial charge in [-0.1, -0.05) is 19.9 Å². The van der Waals surface area contributed by atoms with Gasteiger partial charge in [0.25, 0.3) is 0 Å². The van der Waals surface area contributed by atoms with Crippen LogP contribution in [0.5, 0.6) is 11.5 Å². The van der Waals surface area contributed by atoms with Crippen molar-refractivity contribution in [3.05, 3.63) is 34.9 Å². The zero-order valence-electron chi connectivity index (χ0n) is 15.1. The molecular formula is C20H26O5. The fourth-order valence-corrected chi connectivity index (χ4v) is 3.58. The summed E-state index contributed by atoms with van der Waals surface area (Å²) in [6.45, 7) is 7.20. The van der Waals surface area contributed by atoms with Crippen molar-refractivity contribution in [3.8, 4) is 11.5 Å². The van der Waals surface area contributed by atoms with Crippen molar-refractivity contribution in [1.82, 2.24) is 0 Å². The largest absolute Gasteiger partial charge is 0.508 e. The van der Waals surface area contributed by atoms with Gasteiger partial charge >= 0.3 is 5.97 Å². The van der Waals surface area contributed by atoms with Gasteiger partial charge in [-0.25, -0.2) is 0 Å². The summed E-state index contributed by atoms with van der Waals surface area (Å²) in [6.07, 6.45) is 3.90. The van der Waals surface area contributed by atoms with E-state index in [-0.39, 0.29) is 23.3 Å². The molecule has 25 heavy (non-hydrogen) atoms. The molecule has 2 rings (SSSR count). The van der Waals surface area contributed by atoms with E-state index in [1.807, 2.05) is 6.08 Å². The van der Waals surface area contributed by atoms with E-state index in [1.54, 1.807) is 0 Å². The molecule has 0 radical (unpaired) electrons. The van der Waals surface area contributed by atoms with Crippen LogP contribution in [-0.4, -0.2) is 27.6 Å². The predicted octanol–water partition coefficient (Wildman–Crippen LogP) is 3.73. The molecule has 0 spiro atoms. The number of hydrogen-bond acceptors (Lipinski definition) is 4. The smallest absolute Gasteiger partial charge is 0.313 e. The maximum Gasteiger partial charge on any atom is 0.313 e. The van der Waals surface area contributed by atoms with Crippen molar-refractivity contribution in [2.75, 3.05) is 0 Å². The van der Waals surface area contributed by atoms with Crippen LogP contribution < -0.4 is 0 Å². The number of carboxylic acid groups (broad SMARTS) is 1. The molecule has 0 amide bonds. The molecule has 0 saturated carbocycles. The van der Waals surface area contributed by atoms with Crippen molar-refractivity contribution in [2.45, 2.75) is 51.9 Å². The highest BCUT2D eigenvalue weighted by atomic mass is 16.4. The molecule has 0 unspecified atom stereocenters. The Balaban J connectivity index is 2.53. The van der Waals surface area contributed by atoms with Crippen LogP contribution in [-0.2, 0) is 15.0 Å². The lowest BCUT2D eigenvalue weighted by atomic mass is 9.70. The van der Waals surface area contributed by atoms with Crippen molar-refractivity contribution in [3.63, 3.8) is 0 Å². The molecule has 5 nitrogen and oxygen atoms in total. The van der Waals surface area contributed by atoms with Crippen LogP contribution in [0.2, 0.25) is 0 Å². The first kappa shape index (κ1) is 19.0. The van der Waals surface area contributed by atoms with Crippen LogP contribution in [0.4, 0.5) is 0 Å². The number of aromatic hydroxyl groups is 2. The van der Waals surface area contributed by atoms with E-state index >= 15 is 0 Å². The Bertz CT molecular complexity index is 692. The van der Waals surface area contributed by atoms with Gasteiger partial charge in [-0.05, 0) is 67.7 Å². The van der Waals surface area contributed by atoms with Gasteiger partial charge in [0.05, 0.1) is 5.41 Å². The number of hydrogen-bond donors (Lipinski definition) is 3. The summed E-state index contributed by atoms with van der Waals surface area (Å²) >= 11 is 0. The van der Waals surface area contributed by atoms with E-state index < -0.39 is 11.4 Å². The van der Waals surface area contributed by atoms with Gasteiger partial charge in [0.1, 0.15) is 17.8 Å². The molecule has 5 heteroatoms. The molecule has 1 aliphatic carbocycles. The number of carboxylic acids is 1. The topological polar surface area (TPSA) is 94.8 Å². The number of rotatable bonds is 5. The van der Waals surface area contributed by atoms with Crippen LogP contribution in [0, 0.1) is 11.8 Å². The van der Waals surface area contributed by atoms with Crippen molar-refractivity contribution < 1.29 is 24.9 Å². The Labute approximate surface area is 148 Å². The number of aldehydes is 1. The lowest BCUT2D eigenvalue weighted by Gasteiger charge is -2.34. The maximum atomic E-state index is 11.4. The van der Waals surface area contributed by atoms with Crippen LogP contribution >= 0.6 is 0 Å². The summed E-state index contributed by atoms with van der Waals surface area (Å²) in [4.78, 5) is 22.6. The highest BCUT2D eigenvalue weighted by Crippen LogP contribution is 2.48. The summed E-state index contributed by atoms with van der Waals surface area (Å²) in [7, 11) is 0. The Morgan fingerprint density at radius 2 is 1.80 bits per heavy atom. The number of phenols is 2. The molecule has 0 bridgehead atoms. The minimum Gasteiger partial charge on any atom is -0.508 e. The molecule has 2 atom stereocenters. The third-order valence-electron chi connectivity index (χ3n) is 5.40. The van der Waals surface area contributed by atoms with E-state index in [1.165, 1.54) is 26.0 Å². The first-order valence-electron chi connectivity index (χ1n) is 8.53. The molecular weight excluding hydrogens is 320 g/mol. The first-order valence-corrected chi connectivity index (χ1v) is 8.53. The second kappa shape index (κ2) is 6.90. The van der Waals surface area contributed by atoms with Crippen LogP contribution in [0.3, 0.4) is 0 Å². The zero-order chi connectivity index (χ0) is 18.9. The van der Waals surface area contributed by atoms with Gasteiger partial charge in [-0.15, -0.1) is 0 Å². The zero-order valence-corrected chi connectivity index (χ0v) is 15.1. The number of benzene rings is 1. The third-order valence-corrected chi connectivity index (χ3v) is 5.40. The molecule has 1 aromatic carbocycles. The standard InChI is InChI=1S/C20H26O5/c1-11(2)14-6-5-12(10-21)7-15(14)18-16(22)8-13(9-17(18)23)20(3,4)19(24)25/h5,8-11,14-15,22-23H,6-7H2,1-4H3,(H,24,25)/t14-,15+/m0/s1. The molecule has 0 aliphatic heterocycles. The minimum absolute atomic E-state index is 0.118. The van der Waals surface area contributed by atoms with Gasteiger partial charge < -0.3 is 15.3 Å². The van der Waals surface area contributed by atoms with Crippen molar-refractivity contribution in [1.29, 1.82) is 0 Å². The number of carbonyl (C=O) groups excluding carboxylic acids is 1. The van der Waals surface area contributed by atoms with Crippen LogP contribution in [0.1, 0.15) is 57.6 Å². The summed E-state index contributed by atoms with van der Waals surface area (Å²) in [6, 6.07) is 2.83. The minimum atomic E-state index is -1.23. The number of phenolic OH excluding ortho intramolecular Hbond substituents is 2. The van der Waals surface area contributed by atoms with E-state index in [0.29, 0.717) is 35.5 Å². The van der Waals surface area contributed by atoms with Crippen LogP contribution in [0.25, 0.3) is 0 Å². The molecule has 1 aromatic rings. The number of allylic oxidation sites excluding steroid dienone is 2. The van der Waals surface area contributed by atoms with E-state index in [0.717, 1.165) is 6.29 Å². The molecule has 136 valence electrons.